The summed E-state index contributed by atoms with van der Waals surface area (Å²) < 4.78 is 23.5. The van der Waals surface area contributed by atoms with Crippen molar-refractivity contribution < 1.29 is 23.5 Å². The van der Waals surface area contributed by atoms with Crippen molar-refractivity contribution >= 4 is 12.1 Å². The first-order valence-corrected chi connectivity index (χ1v) is 8.27. The number of carbonyl (C=O) groups is 2. The second-order valence-corrected chi connectivity index (χ2v) is 6.85. The van der Waals surface area contributed by atoms with Crippen LogP contribution in [0.5, 0.6) is 0 Å². The molecule has 0 radical (unpaired) electrons. The van der Waals surface area contributed by atoms with E-state index < -0.39 is 23.8 Å². The van der Waals surface area contributed by atoms with Gasteiger partial charge in [0.2, 0.25) is 0 Å². The van der Waals surface area contributed by atoms with Crippen molar-refractivity contribution in [2.45, 2.75) is 50.9 Å². The van der Waals surface area contributed by atoms with E-state index in [1.165, 1.54) is 0 Å². The van der Waals surface area contributed by atoms with E-state index in [0.717, 1.165) is 5.56 Å². The maximum atomic E-state index is 13.2. The summed E-state index contributed by atoms with van der Waals surface area (Å²) in [6, 6.07) is 9.29. The minimum absolute atomic E-state index is 0.128. The van der Waals surface area contributed by atoms with E-state index in [-0.39, 0.29) is 18.6 Å². The fourth-order valence-corrected chi connectivity index (χ4v) is 3.90. The largest absolute Gasteiger partial charge is 0.464 e. The van der Waals surface area contributed by atoms with Crippen LogP contribution in [0, 0.1) is 5.41 Å². The molecule has 1 amide bonds. The van der Waals surface area contributed by atoms with Crippen molar-refractivity contribution in [1.29, 1.82) is 0 Å². The SMILES string of the molecule is CCOC(=O)C1(NC(=O)OCc2ccccc2)CC2(CC(F)C2)C1. The predicted octanol–water partition coefficient (Wildman–Crippen LogP) is 3.13. The molecule has 2 saturated carbocycles. The highest BCUT2D eigenvalue weighted by Crippen LogP contribution is 2.61. The average Bonchev–Trinajstić information content (AvgIpc) is 2.50. The average molecular weight is 335 g/mol. The smallest absolute Gasteiger partial charge is 0.408 e. The van der Waals surface area contributed by atoms with Gasteiger partial charge in [0.25, 0.3) is 0 Å². The fraction of sp³-hybridized carbons (Fsp3) is 0.556. The quantitative estimate of drug-likeness (QED) is 0.840. The molecule has 130 valence electrons. The third-order valence-corrected chi connectivity index (χ3v) is 4.88. The predicted molar refractivity (Wildman–Crippen MR) is 84.9 cm³/mol. The zero-order valence-corrected chi connectivity index (χ0v) is 13.7. The number of nitrogens with one attached hydrogen (secondary N) is 1. The van der Waals surface area contributed by atoms with Crippen LogP contribution in [-0.4, -0.2) is 30.4 Å². The number of carbonyl (C=O) groups excluding carboxylic acids is 2. The number of hydrogen-bond acceptors (Lipinski definition) is 4. The molecular formula is C18H22FNO4. The van der Waals surface area contributed by atoms with Crippen LogP contribution in [0.1, 0.15) is 38.2 Å². The lowest BCUT2D eigenvalue weighted by Crippen LogP contribution is -2.70. The van der Waals surface area contributed by atoms with Crippen LogP contribution in [0.3, 0.4) is 0 Å². The van der Waals surface area contributed by atoms with Crippen LogP contribution in [0.2, 0.25) is 0 Å². The highest BCUT2D eigenvalue weighted by atomic mass is 19.1. The van der Waals surface area contributed by atoms with E-state index in [1.807, 2.05) is 30.3 Å². The molecule has 6 heteroatoms. The molecule has 0 bridgehead atoms. The topological polar surface area (TPSA) is 64.6 Å². The Balaban J connectivity index is 1.58. The van der Waals surface area contributed by atoms with Crippen LogP contribution in [0.25, 0.3) is 0 Å². The summed E-state index contributed by atoms with van der Waals surface area (Å²) in [5, 5.41) is 2.66. The molecule has 1 spiro atoms. The van der Waals surface area contributed by atoms with Crippen molar-refractivity contribution in [2.24, 2.45) is 5.41 Å². The molecule has 3 rings (SSSR count). The summed E-state index contributed by atoms with van der Waals surface area (Å²) in [6.45, 7) is 2.08. The molecule has 1 N–H and O–H groups in total. The molecule has 0 saturated heterocycles. The van der Waals surface area contributed by atoms with Crippen LogP contribution in [-0.2, 0) is 20.9 Å². The molecule has 1 aromatic rings. The maximum Gasteiger partial charge on any atom is 0.408 e. The molecule has 5 nitrogen and oxygen atoms in total. The summed E-state index contributed by atoms with van der Waals surface area (Å²) in [5.41, 5.74) is -0.384. The van der Waals surface area contributed by atoms with E-state index in [0.29, 0.717) is 25.7 Å². The Morgan fingerprint density at radius 2 is 1.88 bits per heavy atom. The normalized spacial score (nSPS) is 30.8. The lowest BCUT2D eigenvalue weighted by atomic mass is 9.48. The molecule has 0 aromatic heterocycles. The number of alkyl carbamates (subject to hydrolysis) is 1. The molecule has 0 atom stereocenters. The summed E-state index contributed by atoms with van der Waals surface area (Å²) in [5.74, 6) is -0.463. The molecule has 0 heterocycles. The summed E-state index contributed by atoms with van der Waals surface area (Å²) in [7, 11) is 0. The molecule has 0 unspecified atom stereocenters. The molecule has 2 aliphatic rings. The number of alkyl halides is 1. The molecule has 1 aromatic carbocycles. The lowest BCUT2D eigenvalue weighted by Gasteiger charge is -2.60. The van der Waals surface area contributed by atoms with Crippen LogP contribution >= 0.6 is 0 Å². The molecule has 0 aliphatic heterocycles. The summed E-state index contributed by atoms with van der Waals surface area (Å²) in [4.78, 5) is 24.4. The van der Waals surface area contributed by atoms with Gasteiger partial charge in [0.05, 0.1) is 6.61 Å². The number of benzene rings is 1. The van der Waals surface area contributed by atoms with Gasteiger partial charge >= 0.3 is 12.1 Å². The van der Waals surface area contributed by atoms with E-state index in [4.69, 9.17) is 9.47 Å². The van der Waals surface area contributed by atoms with Crippen molar-refractivity contribution in [2.75, 3.05) is 6.61 Å². The zero-order valence-electron chi connectivity index (χ0n) is 13.7. The van der Waals surface area contributed by atoms with Gasteiger partial charge in [0.1, 0.15) is 18.3 Å². The first kappa shape index (κ1) is 16.7. The highest BCUT2D eigenvalue weighted by Gasteiger charge is 2.65. The van der Waals surface area contributed by atoms with Gasteiger partial charge < -0.3 is 14.8 Å². The fourth-order valence-electron chi connectivity index (χ4n) is 3.90. The zero-order chi connectivity index (χ0) is 17.2. The number of rotatable bonds is 5. The van der Waals surface area contributed by atoms with Crippen molar-refractivity contribution in [3.63, 3.8) is 0 Å². The second kappa shape index (κ2) is 6.42. The van der Waals surface area contributed by atoms with E-state index in [2.05, 4.69) is 5.32 Å². The Bertz CT molecular complexity index is 605. The second-order valence-electron chi connectivity index (χ2n) is 6.85. The van der Waals surface area contributed by atoms with Crippen LogP contribution < -0.4 is 5.32 Å². The lowest BCUT2D eigenvalue weighted by molar-refractivity contribution is -0.173. The Hall–Kier alpha value is -2.11. The van der Waals surface area contributed by atoms with Gasteiger partial charge in [-0.05, 0) is 43.6 Å². The van der Waals surface area contributed by atoms with Gasteiger partial charge in [-0.3, -0.25) is 0 Å². The Morgan fingerprint density at radius 3 is 2.46 bits per heavy atom. The third-order valence-electron chi connectivity index (χ3n) is 4.88. The maximum absolute atomic E-state index is 13.2. The molecule has 2 aliphatic carbocycles. The molecular weight excluding hydrogens is 313 g/mol. The highest BCUT2D eigenvalue weighted by molar-refractivity contribution is 5.87. The summed E-state index contributed by atoms with van der Waals surface area (Å²) in [6.07, 6.45) is 0.288. The number of hydrogen-bond donors (Lipinski definition) is 1. The Labute approximate surface area is 140 Å². The Kier molecular flexibility index (Phi) is 4.47. The van der Waals surface area contributed by atoms with E-state index in [9.17, 15) is 14.0 Å². The third kappa shape index (κ3) is 3.23. The first-order chi connectivity index (χ1) is 11.5. The number of ether oxygens (including phenoxy) is 2. The van der Waals surface area contributed by atoms with Gasteiger partial charge in [-0.25, -0.2) is 14.0 Å². The van der Waals surface area contributed by atoms with Gasteiger partial charge in [-0.2, -0.15) is 0 Å². The minimum atomic E-state index is -1.08. The van der Waals surface area contributed by atoms with Gasteiger partial charge in [0.15, 0.2) is 0 Å². The van der Waals surface area contributed by atoms with Gasteiger partial charge in [-0.1, -0.05) is 30.3 Å². The molecule has 24 heavy (non-hydrogen) atoms. The van der Waals surface area contributed by atoms with Gasteiger partial charge in [-0.15, -0.1) is 0 Å². The van der Waals surface area contributed by atoms with Gasteiger partial charge in [0, 0.05) is 0 Å². The summed E-state index contributed by atoms with van der Waals surface area (Å²) >= 11 is 0. The number of halogens is 1. The van der Waals surface area contributed by atoms with Crippen molar-refractivity contribution in [3.05, 3.63) is 35.9 Å². The minimum Gasteiger partial charge on any atom is -0.464 e. The van der Waals surface area contributed by atoms with E-state index >= 15 is 0 Å². The van der Waals surface area contributed by atoms with Crippen LogP contribution in [0.4, 0.5) is 9.18 Å². The van der Waals surface area contributed by atoms with Crippen molar-refractivity contribution in [3.8, 4) is 0 Å². The number of esters is 1. The Morgan fingerprint density at radius 1 is 1.21 bits per heavy atom. The molecule has 2 fully saturated rings. The monoisotopic (exact) mass is 335 g/mol. The first-order valence-electron chi connectivity index (χ1n) is 8.27. The van der Waals surface area contributed by atoms with Crippen LogP contribution in [0.15, 0.2) is 30.3 Å². The standard InChI is InChI=1S/C18H22FNO4/c1-2-23-15(21)18(11-17(12-18)8-14(19)9-17)20-16(22)24-10-13-6-4-3-5-7-13/h3-7,14H,2,8-12H2,1H3,(H,20,22). The number of amides is 1. The van der Waals surface area contributed by atoms with Crippen molar-refractivity contribution in [1.82, 2.24) is 5.32 Å². The van der Waals surface area contributed by atoms with E-state index in [1.54, 1.807) is 6.92 Å².